The number of hydrogen-bond acceptors (Lipinski definition) is 6. The molecule has 0 aliphatic carbocycles. The molecule has 4 aromatic rings. The molecule has 0 aliphatic rings. The fraction of sp³-hybridized carbons (Fsp3) is 0.105. The molecule has 2 aromatic carbocycles. The van der Waals surface area contributed by atoms with Gasteiger partial charge in [-0.05, 0) is 24.3 Å². The zero-order valence-electron chi connectivity index (χ0n) is 13.9. The van der Waals surface area contributed by atoms with Crippen molar-refractivity contribution in [3.05, 3.63) is 60.1 Å². The Morgan fingerprint density at radius 1 is 1.15 bits per heavy atom. The second-order valence-electron chi connectivity index (χ2n) is 5.65. The number of nitrogens with zero attached hydrogens (tertiary/aromatic N) is 4. The van der Waals surface area contributed by atoms with Gasteiger partial charge in [-0.2, -0.15) is 5.26 Å². The van der Waals surface area contributed by atoms with Crippen molar-refractivity contribution in [3.8, 4) is 6.07 Å². The number of para-hydroxylation sites is 3. The average molecular weight is 378 g/mol. The lowest BCUT2D eigenvalue weighted by atomic mass is 10.2. The molecule has 0 bridgehead atoms. The number of aryl methyl sites for hydroxylation is 1. The first-order valence-electron chi connectivity index (χ1n) is 7.90. The molecule has 0 aliphatic heterocycles. The van der Waals surface area contributed by atoms with E-state index in [-0.39, 0.29) is 17.1 Å². The molecule has 128 valence electrons. The Balaban J connectivity index is 1.64. The van der Waals surface area contributed by atoms with Gasteiger partial charge in [0.05, 0.1) is 27.0 Å². The SMILES string of the molecule is Cn1c(/C(C#N)=C(\O)CSc2nc3ccccc3s2)nc2ccccc21. The Labute approximate surface area is 158 Å². The summed E-state index contributed by atoms with van der Waals surface area (Å²) in [6, 6.07) is 17.7. The second kappa shape index (κ2) is 6.83. The highest BCUT2D eigenvalue weighted by atomic mass is 32.2. The highest BCUT2D eigenvalue weighted by molar-refractivity contribution is 8.01. The monoisotopic (exact) mass is 378 g/mol. The molecule has 0 unspecified atom stereocenters. The summed E-state index contributed by atoms with van der Waals surface area (Å²) in [5.74, 6) is 0.748. The summed E-state index contributed by atoms with van der Waals surface area (Å²) >= 11 is 2.99. The van der Waals surface area contributed by atoms with Gasteiger partial charge in [0.15, 0.2) is 10.2 Å². The number of imidazole rings is 1. The molecule has 0 amide bonds. The van der Waals surface area contributed by atoms with Crippen molar-refractivity contribution in [2.75, 3.05) is 5.75 Å². The number of rotatable bonds is 4. The van der Waals surface area contributed by atoms with Crippen molar-refractivity contribution in [2.45, 2.75) is 4.34 Å². The third kappa shape index (κ3) is 2.94. The Kier molecular flexibility index (Phi) is 4.37. The first-order chi connectivity index (χ1) is 12.7. The molecule has 2 aromatic heterocycles. The molecule has 1 N–H and O–H groups in total. The molecule has 7 heteroatoms. The lowest BCUT2D eigenvalue weighted by Crippen LogP contribution is -2.00. The van der Waals surface area contributed by atoms with Gasteiger partial charge in [-0.3, -0.25) is 0 Å². The van der Waals surface area contributed by atoms with Crippen LogP contribution < -0.4 is 0 Å². The third-order valence-electron chi connectivity index (χ3n) is 4.02. The summed E-state index contributed by atoms with van der Waals surface area (Å²) in [4.78, 5) is 9.03. The zero-order chi connectivity index (χ0) is 18.1. The normalized spacial score (nSPS) is 12.3. The number of thiazole rings is 1. The van der Waals surface area contributed by atoms with Gasteiger partial charge in [0.2, 0.25) is 0 Å². The van der Waals surface area contributed by atoms with Crippen molar-refractivity contribution in [2.24, 2.45) is 7.05 Å². The molecule has 0 radical (unpaired) electrons. The molecule has 0 spiro atoms. The Hall–Kier alpha value is -2.82. The van der Waals surface area contributed by atoms with Gasteiger partial charge in [-0.15, -0.1) is 11.3 Å². The number of fused-ring (bicyclic) bond motifs is 2. The van der Waals surface area contributed by atoms with Crippen LogP contribution in [-0.4, -0.2) is 25.4 Å². The number of aromatic nitrogens is 3. The summed E-state index contributed by atoms with van der Waals surface area (Å²) in [7, 11) is 1.84. The van der Waals surface area contributed by atoms with Crippen LogP contribution in [0.1, 0.15) is 5.82 Å². The van der Waals surface area contributed by atoms with Crippen LogP contribution in [0.2, 0.25) is 0 Å². The van der Waals surface area contributed by atoms with E-state index in [1.165, 1.54) is 11.8 Å². The molecule has 2 heterocycles. The average Bonchev–Trinajstić information content (AvgIpc) is 3.22. The molecule has 0 fully saturated rings. The fourth-order valence-electron chi connectivity index (χ4n) is 2.73. The maximum atomic E-state index is 10.5. The summed E-state index contributed by atoms with van der Waals surface area (Å²) < 4.78 is 3.79. The zero-order valence-corrected chi connectivity index (χ0v) is 15.5. The van der Waals surface area contributed by atoms with Crippen molar-refractivity contribution in [3.63, 3.8) is 0 Å². The summed E-state index contributed by atoms with van der Waals surface area (Å²) in [6.45, 7) is 0. The first kappa shape index (κ1) is 16.6. The largest absolute Gasteiger partial charge is 0.510 e. The third-order valence-corrected chi connectivity index (χ3v) is 6.21. The quantitative estimate of drug-likeness (QED) is 0.315. The predicted octanol–water partition coefficient (Wildman–Crippen LogP) is 4.77. The number of thioether (sulfide) groups is 1. The van der Waals surface area contributed by atoms with Crippen LogP contribution in [-0.2, 0) is 7.05 Å². The lowest BCUT2D eigenvalue weighted by molar-refractivity contribution is 0.420. The molecule has 0 saturated carbocycles. The van der Waals surface area contributed by atoms with E-state index in [9.17, 15) is 10.4 Å². The standard InChI is InChI=1S/C19H14N4OS2/c1-23-15-8-4-2-6-13(15)21-18(23)12(10-20)16(24)11-25-19-22-14-7-3-5-9-17(14)26-19/h2-9,24H,11H2,1H3/b16-12-. The van der Waals surface area contributed by atoms with Gasteiger partial charge in [0, 0.05) is 7.05 Å². The number of nitriles is 1. The van der Waals surface area contributed by atoms with E-state index in [1.54, 1.807) is 11.3 Å². The Morgan fingerprint density at radius 2 is 1.88 bits per heavy atom. The maximum Gasteiger partial charge on any atom is 0.155 e. The number of allylic oxidation sites excluding steroid dienone is 1. The van der Waals surface area contributed by atoms with Crippen molar-refractivity contribution >= 4 is 49.9 Å². The van der Waals surface area contributed by atoms with Crippen LogP contribution in [0.3, 0.4) is 0 Å². The van der Waals surface area contributed by atoms with Crippen molar-refractivity contribution in [1.29, 1.82) is 5.26 Å². The van der Waals surface area contributed by atoms with Crippen molar-refractivity contribution in [1.82, 2.24) is 14.5 Å². The highest BCUT2D eigenvalue weighted by Crippen LogP contribution is 2.31. The van der Waals surface area contributed by atoms with Gasteiger partial charge < -0.3 is 9.67 Å². The van der Waals surface area contributed by atoms with Gasteiger partial charge in [-0.1, -0.05) is 36.0 Å². The summed E-state index contributed by atoms with van der Waals surface area (Å²) in [6.07, 6.45) is 0. The van der Waals surface area contributed by atoms with Gasteiger partial charge in [0.25, 0.3) is 0 Å². The number of aliphatic hydroxyl groups is 1. The minimum Gasteiger partial charge on any atom is -0.510 e. The summed E-state index contributed by atoms with van der Waals surface area (Å²) in [5.41, 5.74) is 2.85. The Bertz CT molecular complexity index is 1150. The lowest BCUT2D eigenvalue weighted by Gasteiger charge is -2.04. The van der Waals surface area contributed by atoms with Gasteiger partial charge >= 0.3 is 0 Å². The molecular weight excluding hydrogens is 364 g/mol. The first-order valence-corrected chi connectivity index (χ1v) is 9.70. The number of hydrogen-bond donors (Lipinski definition) is 1. The Morgan fingerprint density at radius 3 is 2.62 bits per heavy atom. The van der Waals surface area contributed by atoms with Crippen LogP contribution in [0.25, 0.3) is 26.8 Å². The van der Waals surface area contributed by atoms with E-state index >= 15 is 0 Å². The van der Waals surface area contributed by atoms with Gasteiger partial charge in [-0.25, -0.2) is 9.97 Å². The topological polar surface area (TPSA) is 74.7 Å². The van der Waals surface area contributed by atoms with Crippen LogP contribution in [0.4, 0.5) is 0 Å². The van der Waals surface area contributed by atoms with E-state index in [1.807, 2.05) is 60.1 Å². The second-order valence-corrected chi connectivity index (χ2v) is 7.91. The van der Waals surface area contributed by atoms with Crippen LogP contribution in [0.5, 0.6) is 0 Å². The predicted molar refractivity (Wildman–Crippen MR) is 106 cm³/mol. The van der Waals surface area contributed by atoms with Crippen molar-refractivity contribution < 1.29 is 5.11 Å². The number of aliphatic hydroxyl groups excluding tert-OH is 1. The molecule has 0 atom stereocenters. The fourth-order valence-corrected chi connectivity index (χ4v) is 4.67. The number of benzene rings is 2. The van der Waals surface area contributed by atoms with Crippen LogP contribution in [0.15, 0.2) is 58.6 Å². The van der Waals surface area contributed by atoms with E-state index in [2.05, 4.69) is 16.0 Å². The van der Waals surface area contributed by atoms with E-state index in [0.717, 1.165) is 25.6 Å². The van der Waals surface area contributed by atoms with E-state index in [4.69, 9.17) is 0 Å². The molecule has 26 heavy (non-hydrogen) atoms. The molecule has 4 rings (SSSR count). The minimum absolute atomic E-state index is 0.00941. The highest BCUT2D eigenvalue weighted by Gasteiger charge is 2.17. The smallest absolute Gasteiger partial charge is 0.155 e. The summed E-state index contributed by atoms with van der Waals surface area (Å²) in [5, 5.41) is 20.1. The maximum absolute atomic E-state index is 10.5. The molecule has 0 saturated heterocycles. The van der Waals surface area contributed by atoms with Gasteiger partial charge in [0.1, 0.15) is 17.4 Å². The van der Waals surface area contributed by atoms with Crippen LogP contribution in [0, 0.1) is 11.3 Å². The van der Waals surface area contributed by atoms with E-state index in [0.29, 0.717) is 5.82 Å². The van der Waals surface area contributed by atoms with E-state index < -0.39 is 0 Å². The minimum atomic E-state index is 0.00941. The molecule has 5 nitrogen and oxygen atoms in total. The van der Waals surface area contributed by atoms with Crippen LogP contribution >= 0.6 is 23.1 Å². The molecular formula is C19H14N4OS2.